The molecule has 2 rings (SSSR count). The van der Waals surface area contributed by atoms with Gasteiger partial charge in [0.15, 0.2) is 0 Å². The third kappa shape index (κ3) is 2.59. The molecule has 5 heteroatoms. The summed E-state index contributed by atoms with van der Waals surface area (Å²) in [7, 11) is 0. The van der Waals surface area contributed by atoms with Crippen LogP contribution >= 0.6 is 0 Å². The van der Waals surface area contributed by atoms with E-state index < -0.39 is 11.9 Å². The van der Waals surface area contributed by atoms with E-state index in [1.54, 1.807) is 24.3 Å². The number of carbonyl (C=O) groups excluding carboxylic acids is 1. The third-order valence-electron chi connectivity index (χ3n) is 3.05. The molecule has 1 heterocycles. The molecule has 0 bridgehead atoms. The smallest absolute Gasteiger partial charge is 0.322 e. The molecule has 1 aliphatic heterocycles. The summed E-state index contributed by atoms with van der Waals surface area (Å²) in [6, 6.07) is 6.80. The van der Waals surface area contributed by atoms with E-state index in [-0.39, 0.29) is 12.6 Å². The number of aliphatic carboxylic acids is 1. The Hall–Kier alpha value is -2.30. The molecule has 0 aromatic heterocycles. The van der Waals surface area contributed by atoms with E-state index in [2.05, 4.69) is 11.9 Å². The van der Waals surface area contributed by atoms with Crippen LogP contribution in [0.2, 0.25) is 0 Å². The molecule has 19 heavy (non-hydrogen) atoms. The lowest BCUT2D eigenvalue weighted by Gasteiger charge is -2.18. The topological polar surface area (TPSA) is 69.6 Å². The summed E-state index contributed by atoms with van der Waals surface area (Å²) in [5.41, 5.74) is 2.19. The van der Waals surface area contributed by atoms with Gasteiger partial charge in [0.2, 0.25) is 0 Å². The molecule has 1 aromatic rings. The molecule has 1 aliphatic rings. The van der Waals surface area contributed by atoms with E-state index in [0.717, 1.165) is 5.57 Å². The number of fused-ring (bicyclic) bond motifs is 1. The Morgan fingerprint density at radius 3 is 2.79 bits per heavy atom. The fourth-order valence-corrected chi connectivity index (χ4v) is 2.13. The Labute approximate surface area is 111 Å². The molecule has 2 amide bonds. The molecule has 0 fully saturated rings. The van der Waals surface area contributed by atoms with Crippen LogP contribution in [0.5, 0.6) is 0 Å². The second-order valence-electron chi connectivity index (χ2n) is 4.68. The van der Waals surface area contributed by atoms with Gasteiger partial charge in [-0.05, 0) is 18.6 Å². The summed E-state index contributed by atoms with van der Waals surface area (Å²) in [5.74, 6) is -1.57. The zero-order valence-corrected chi connectivity index (χ0v) is 10.7. The fourth-order valence-electron chi connectivity index (χ4n) is 2.13. The van der Waals surface area contributed by atoms with Crippen LogP contribution in [0.3, 0.4) is 0 Å². The monoisotopic (exact) mass is 260 g/mol. The SMILES string of the molecule is C=C(C)CNC(=O)N1CC(C(=O)O)c2ccccc21. The molecule has 1 aromatic carbocycles. The number of carboxylic acids is 1. The van der Waals surface area contributed by atoms with E-state index in [0.29, 0.717) is 17.8 Å². The van der Waals surface area contributed by atoms with Gasteiger partial charge in [-0.15, -0.1) is 0 Å². The van der Waals surface area contributed by atoms with E-state index >= 15 is 0 Å². The standard InChI is InChI=1S/C14H16N2O3/c1-9(2)7-15-14(19)16-8-11(13(17)18)10-5-3-4-6-12(10)16/h3-6,11H,1,7-8H2,2H3,(H,15,19)(H,17,18). The van der Waals surface area contributed by atoms with Crippen molar-refractivity contribution in [2.45, 2.75) is 12.8 Å². The van der Waals surface area contributed by atoms with Gasteiger partial charge in [0.05, 0.1) is 0 Å². The minimum Gasteiger partial charge on any atom is -0.481 e. The molecular weight excluding hydrogens is 244 g/mol. The Kier molecular flexibility index (Phi) is 3.55. The second kappa shape index (κ2) is 5.14. The molecule has 0 saturated carbocycles. The highest BCUT2D eigenvalue weighted by Crippen LogP contribution is 2.36. The number of anilines is 1. The van der Waals surface area contributed by atoms with Crippen LogP contribution in [0.4, 0.5) is 10.5 Å². The predicted octanol–water partition coefficient (Wildman–Crippen LogP) is 1.96. The van der Waals surface area contributed by atoms with Gasteiger partial charge in [-0.25, -0.2) is 4.79 Å². The third-order valence-corrected chi connectivity index (χ3v) is 3.05. The quantitative estimate of drug-likeness (QED) is 0.816. The second-order valence-corrected chi connectivity index (χ2v) is 4.68. The van der Waals surface area contributed by atoms with E-state index in [4.69, 9.17) is 0 Å². The van der Waals surface area contributed by atoms with Crippen LogP contribution in [0, 0.1) is 0 Å². The average Bonchev–Trinajstić information content (AvgIpc) is 2.75. The minimum absolute atomic E-state index is 0.163. The van der Waals surface area contributed by atoms with Crippen LogP contribution in [0.25, 0.3) is 0 Å². The number of benzene rings is 1. The molecule has 5 nitrogen and oxygen atoms in total. The Morgan fingerprint density at radius 2 is 2.16 bits per heavy atom. The van der Waals surface area contributed by atoms with Crippen LogP contribution in [-0.4, -0.2) is 30.2 Å². The van der Waals surface area contributed by atoms with Gasteiger partial charge in [0.25, 0.3) is 0 Å². The number of amides is 2. The van der Waals surface area contributed by atoms with Gasteiger partial charge in [0.1, 0.15) is 5.92 Å². The lowest BCUT2D eigenvalue weighted by atomic mass is 10.0. The normalized spacial score (nSPS) is 16.9. The molecular formula is C14H16N2O3. The maximum atomic E-state index is 12.1. The number of para-hydroxylation sites is 1. The molecule has 1 unspecified atom stereocenters. The number of nitrogens with zero attached hydrogens (tertiary/aromatic N) is 1. The predicted molar refractivity (Wildman–Crippen MR) is 72.4 cm³/mol. The Bertz CT molecular complexity index is 539. The Morgan fingerprint density at radius 1 is 1.47 bits per heavy atom. The van der Waals surface area contributed by atoms with Crippen LogP contribution in [0.15, 0.2) is 36.4 Å². The maximum absolute atomic E-state index is 12.1. The van der Waals surface area contributed by atoms with Crippen molar-refractivity contribution in [2.75, 3.05) is 18.0 Å². The van der Waals surface area contributed by atoms with E-state index in [1.807, 2.05) is 6.92 Å². The summed E-state index contributed by atoms with van der Waals surface area (Å²) in [5, 5.41) is 11.9. The zero-order chi connectivity index (χ0) is 14.0. The highest BCUT2D eigenvalue weighted by atomic mass is 16.4. The van der Waals surface area contributed by atoms with Gasteiger partial charge >= 0.3 is 12.0 Å². The van der Waals surface area contributed by atoms with Crippen molar-refractivity contribution in [2.24, 2.45) is 0 Å². The summed E-state index contributed by atoms with van der Waals surface area (Å²) < 4.78 is 0. The fraction of sp³-hybridized carbons (Fsp3) is 0.286. The first-order valence-corrected chi connectivity index (χ1v) is 6.02. The lowest BCUT2D eigenvalue weighted by Crippen LogP contribution is -2.40. The van der Waals surface area contributed by atoms with Gasteiger partial charge in [-0.2, -0.15) is 0 Å². The van der Waals surface area contributed by atoms with E-state index in [9.17, 15) is 14.7 Å². The van der Waals surface area contributed by atoms with E-state index in [1.165, 1.54) is 4.90 Å². The first-order chi connectivity index (χ1) is 9.00. The van der Waals surface area contributed by atoms with Crippen molar-refractivity contribution in [1.82, 2.24) is 5.32 Å². The molecule has 1 atom stereocenters. The largest absolute Gasteiger partial charge is 0.481 e. The average molecular weight is 260 g/mol. The van der Waals surface area contributed by atoms with Gasteiger partial charge in [-0.3, -0.25) is 9.69 Å². The number of hydrogen-bond acceptors (Lipinski definition) is 2. The zero-order valence-electron chi connectivity index (χ0n) is 10.7. The van der Waals surface area contributed by atoms with Crippen LogP contribution < -0.4 is 10.2 Å². The Balaban J connectivity index is 2.22. The van der Waals surface area contributed by atoms with Gasteiger partial charge in [0, 0.05) is 18.8 Å². The number of nitrogens with one attached hydrogen (secondary N) is 1. The first-order valence-electron chi connectivity index (χ1n) is 6.02. The van der Waals surface area contributed by atoms with Crippen LogP contribution in [-0.2, 0) is 4.79 Å². The number of rotatable bonds is 3. The van der Waals surface area contributed by atoms with Crippen LogP contribution in [0.1, 0.15) is 18.4 Å². The van der Waals surface area contributed by atoms with Crippen molar-refractivity contribution in [3.05, 3.63) is 42.0 Å². The summed E-state index contributed by atoms with van der Waals surface area (Å²) >= 11 is 0. The number of carbonyl (C=O) groups is 2. The van der Waals surface area contributed by atoms with Crippen molar-refractivity contribution in [3.8, 4) is 0 Å². The summed E-state index contributed by atoms with van der Waals surface area (Å²) in [6.45, 7) is 6.08. The number of carboxylic acid groups (broad SMARTS) is 1. The van der Waals surface area contributed by atoms with Gasteiger partial charge in [-0.1, -0.05) is 30.4 Å². The van der Waals surface area contributed by atoms with Crippen molar-refractivity contribution >= 4 is 17.7 Å². The van der Waals surface area contributed by atoms with Gasteiger partial charge < -0.3 is 10.4 Å². The lowest BCUT2D eigenvalue weighted by molar-refractivity contribution is -0.138. The molecule has 0 radical (unpaired) electrons. The molecule has 100 valence electrons. The first kappa shape index (κ1) is 13.1. The number of hydrogen-bond donors (Lipinski definition) is 2. The van der Waals surface area contributed by atoms with Crippen molar-refractivity contribution in [1.29, 1.82) is 0 Å². The van der Waals surface area contributed by atoms with Crippen molar-refractivity contribution < 1.29 is 14.7 Å². The summed E-state index contributed by atoms with van der Waals surface area (Å²) in [4.78, 5) is 24.8. The highest BCUT2D eigenvalue weighted by molar-refractivity contribution is 5.98. The maximum Gasteiger partial charge on any atom is 0.322 e. The molecule has 0 saturated heterocycles. The molecule has 2 N–H and O–H groups in total. The van der Waals surface area contributed by atoms with Crippen molar-refractivity contribution in [3.63, 3.8) is 0 Å². The number of urea groups is 1. The molecule has 0 spiro atoms. The highest BCUT2D eigenvalue weighted by Gasteiger charge is 2.36. The minimum atomic E-state index is -0.914. The molecule has 0 aliphatic carbocycles. The summed E-state index contributed by atoms with van der Waals surface area (Å²) in [6.07, 6.45) is 0.